The van der Waals surface area contributed by atoms with E-state index in [1.807, 2.05) is 0 Å². The number of hydrogen-bond donors (Lipinski definition) is 2. The van der Waals surface area contributed by atoms with Gasteiger partial charge in [-0.3, -0.25) is 5.43 Å². The van der Waals surface area contributed by atoms with Crippen LogP contribution in [-0.4, -0.2) is 55.2 Å². The molecular formula is C9H20N4. The van der Waals surface area contributed by atoms with Crippen LogP contribution in [0.25, 0.3) is 0 Å². The van der Waals surface area contributed by atoms with E-state index < -0.39 is 0 Å². The molecule has 0 aromatic rings. The molecule has 2 rings (SSSR count). The zero-order chi connectivity index (χ0) is 9.26. The Balaban J connectivity index is 1.85. The van der Waals surface area contributed by atoms with Crippen LogP contribution in [0.15, 0.2) is 0 Å². The number of nitrogens with two attached hydrogens (primary N) is 1. The van der Waals surface area contributed by atoms with Crippen LogP contribution in [0.3, 0.4) is 0 Å². The lowest BCUT2D eigenvalue weighted by atomic mass is 10.1. The van der Waals surface area contributed by atoms with Crippen molar-refractivity contribution in [2.45, 2.75) is 24.9 Å². The summed E-state index contributed by atoms with van der Waals surface area (Å²) in [6, 6.07) is 1.000. The first-order chi connectivity index (χ1) is 6.25. The number of piperidine rings is 1. The van der Waals surface area contributed by atoms with Gasteiger partial charge in [0.25, 0.3) is 0 Å². The summed E-state index contributed by atoms with van der Waals surface area (Å²) in [5, 5.41) is 2.33. The molecule has 76 valence electrons. The molecule has 0 bridgehead atoms. The van der Waals surface area contributed by atoms with Gasteiger partial charge in [-0.2, -0.15) is 0 Å². The molecule has 2 saturated heterocycles. The minimum Gasteiger partial charge on any atom is -0.325 e. The van der Waals surface area contributed by atoms with Gasteiger partial charge < -0.3 is 10.6 Å². The Bertz CT molecular complexity index is 173. The second-order valence-corrected chi connectivity index (χ2v) is 4.33. The molecule has 0 spiro atoms. The Kier molecular flexibility index (Phi) is 2.83. The summed E-state index contributed by atoms with van der Waals surface area (Å²) in [4.78, 5) is 2.40. The zero-order valence-corrected chi connectivity index (χ0v) is 8.37. The fourth-order valence-corrected chi connectivity index (χ4v) is 2.29. The van der Waals surface area contributed by atoms with Crippen LogP contribution >= 0.6 is 0 Å². The highest BCUT2D eigenvalue weighted by molar-refractivity contribution is 4.84. The van der Waals surface area contributed by atoms with Gasteiger partial charge in [-0.15, -0.1) is 0 Å². The summed E-state index contributed by atoms with van der Waals surface area (Å²) in [6.45, 7) is 4.38. The summed E-state index contributed by atoms with van der Waals surface area (Å²) >= 11 is 0. The number of hydrazine groups is 1. The molecule has 0 amide bonds. The van der Waals surface area contributed by atoms with Crippen LogP contribution in [0.5, 0.6) is 0 Å². The summed E-state index contributed by atoms with van der Waals surface area (Å²) < 4.78 is 0. The van der Waals surface area contributed by atoms with E-state index in [2.05, 4.69) is 22.4 Å². The van der Waals surface area contributed by atoms with E-state index >= 15 is 0 Å². The smallest absolute Gasteiger partial charge is 0.0371 e. The highest BCUT2D eigenvalue weighted by Crippen LogP contribution is 2.14. The van der Waals surface area contributed by atoms with Crippen molar-refractivity contribution in [3.05, 3.63) is 0 Å². The molecule has 2 aliphatic heterocycles. The molecule has 1 unspecified atom stereocenters. The van der Waals surface area contributed by atoms with Crippen molar-refractivity contribution in [1.82, 2.24) is 15.3 Å². The lowest BCUT2D eigenvalue weighted by Crippen LogP contribution is -2.49. The monoisotopic (exact) mass is 184 g/mol. The fraction of sp³-hybridized carbons (Fsp3) is 1.00. The maximum atomic E-state index is 5.85. The first-order valence-corrected chi connectivity index (χ1v) is 5.20. The van der Waals surface area contributed by atoms with Crippen LogP contribution in [0.2, 0.25) is 0 Å². The van der Waals surface area contributed by atoms with Crippen molar-refractivity contribution in [1.29, 1.82) is 0 Å². The Hall–Kier alpha value is -0.160. The van der Waals surface area contributed by atoms with Gasteiger partial charge in [0.2, 0.25) is 0 Å². The van der Waals surface area contributed by atoms with Crippen molar-refractivity contribution < 1.29 is 0 Å². The third-order valence-corrected chi connectivity index (χ3v) is 3.03. The van der Waals surface area contributed by atoms with Gasteiger partial charge in [0.05, 0.1) is 0 Å². The third kappa shape index (κ3) is 2.20. The first-order valence-electron chi connectivity index (χ1n) is 5.20. The number of nitrogens with one attached hydrogen (secondary N) is 1. The largest absolute Gasteiger partial charge is 0.325 e. The number of hydrogen-bond acceptors (Lipinski definition) is 4. The molecule has 4 heteroatoms. The van der Waals surface area contributed by atoms with Gasteiger partial charge in [0, 0.05) is 31.7 Å². The Morgan fingerprint density at radius 3 is 2.85 bits per heavy atom. The number of nitrogens with zero attached hydrogens (tertiary/aromatic N) is 2. The van der Waals surface area contributed by atoms with Crippen LogP contribution in [0.4, 0.5) is 0 Å². The molecule has 0 saturated carbocycles. The molecular weight excluding hydrogens is 164 g/mol. The van der Waals surface area contributed by atoms with E-state index in [4.69, 9.17) is 5.73 Å². The Morgan fingerprint density at radius 1 is 1.38 bits per heavy atom. The predicted octanol–water partition coefficient (Wildman–Crippen LogP) is -0.772. The molecule has 0 aromatic carbocycles. The Labute approximate surface area is 80.0 Å². The second kappa shape index (κ2) is 3.92. The van der Waals surface area contributed by atoms with Gasteiger partial charge in [-0.25, -0.2) is 5.01 Å². The number of likely N-dealkylation sites (tertiary alicyclic amines) is 1. The van der Waals surface area contributed by atoms with Crippen molar-refractivity contribution in [2.75, 3.05) is 33.2 Å². The van der Waals surface area contributed by atoms with Gasteiger partial charge >= 0.3 is 0 Å². The van der Waals surface area contributed by atoms with Gasteiger partial charge in [-0.05, 0) is 26.4 Å². The molecule has 3 N–H and O–H groups in total. The third-order valence-electron chi connectivity index (χ3n) is 3.03. The number of likely N-dealkylation sites (N-methyl/N-ethyl adjacent to an activating group) is 1. The van der Waals surface area contributed by atoms with Crippen LogP contribution in [0, 0.1) is 0 Å². The minimum absolute atomic E-state index is 0.326. The van der Waals surface area contributed by atoms with Crippen molar-refractivity contribution in [2.24, 2.45) is 5.73 Å². The fourth-order valence-electron chi connectivity index (χ4n) is 2.29. The lowest BCUT2D eigenvalue weighted by Gasteiger charge is -2.35. The first kappa shape index (κ1) is 9.40. The molecule has 2 aliphatic rings. The molecule has 2 heterocycles. The zero-order valence-electron chi connectivity index (χ0n) is 8.37. The standard InChI is InChI=1S/C9H20N4/c1-12-4-2-3-9(7-12)13-6-8(10)5-11-13/h8-9,11H,2-7,10H2,1H3/t8?,9-/m0/s1. The lowest BCUT2D eigenvalue weighted by molar-refractivity contribution is 0.0965. The van der Waals surface area contributed by atoms with Gasteiger partial charge in [0.15, 0.2) is 0 Å². The van der Waals surface area contributed by atoms with E-state index in [-0.39, 0.29) is 0 Å². The van der Waals surface area contributed by atoms with Crippen LogP contribution in [-0.2, 0) is 0 Å². The summed E-state index contributed by atoms with van der Waals surface area (Å²) in [5.41, 5.74) is 9.23. The number of rotatable bonds is 1. The van der Waals surface area contributed by atoms with Crippen molar-refractivity contribution >= 4 is 0 Å². The minimum atomic E-state index is 0.326. The van der Waals surface area contributed by atoms with Crippen molar-refractivity contribution in [3.8, 4) is 0 Å². The summed E-state index contributed by atoms with van der Waals surface area (Å²) in [5.74, 6) is 0. The van der Waals surface area contributed by atoms with Crippen LogP contribution in [0.1, 0.15) is 12.8 Å². The normalized spacial score (nSPS) is 38.3. The molecule has 0 radical (unpaired) electrons. The maximum absolute atomic E-state index is 5.85. The summed E-state index contributed by atoms with van der Waals surface area (Å²) in [7, 11) is 2.20. The maximum Gasteiger partial charge on any atom is 0.0371 e. The van der Waals surface area contributed by atoms with E-state index in [9.17, 15) is 0 Å². The molecule has 2 fully saturated rings. The van der Waals surface area contributed by atoms with Gasteiger partial charge in [0.1, 0.15) is 0 Å². The average Bonchev–Trinajstić information content (AvgIpc) is 2.52. The van der Waals surface area contributed by atoms with E-state index in [1.54, 1.807) is 0 Å². The molecule has 0 aromatic heterocycles. The highest BCUT2D eigenvalue weighted by Gasteiger charge is 2.28. The highest BCUT2D eigenvalue weighted by atomic mass is 15.6. The quantitative estimate of drug-likeness (QED) is 0.561. The molecule has 2 atom stereocenters. The molecule has 0 aliphatic carbocycles. The van der Waals surface area contributed by atoms with E-state index in [1.165, 1.54) is 25.9 Å². The predicted molar refractivity (Wildman–Crippen MR) is 53.2 cm³/mol. The molecule has 4 nitrogen and oxygen atoms in total. The Morgan fingerprint density at radius 2 is 2.23 bits per heavy atom. The summed E-state index contributed by atoms with van der Waals surface area (Å²) in [6.07, 6.45) is 2.62. The topological polar surface area (TPSA) is 44.5 Å². The SMILES string of the molecule is CN1CCC[C@H](N2CC(N)CN2)C1. The van der Waals surface area contributed by atoms with Crippen molar-refractivity contribution in [3.63, 3.8) is 0 Å². The van der Waals surface area contributed by atoms with Crippen LogP contribution < -0.4 is 11.2 Å². The van der Waals surface area contributed by atoms with E-state index in [0.717, 1.165) is 13.1 Å². The average molecular weight is 184 g/mol. The van der Waals surface area contributed by atoms with E-state index in [0.29, 0.717) is 12.1 Å². The second-order valence-electron chi connectivity index (χ2n) is 4.33. The van der Waals surface area contributed by atoms with Gasteiger partial charge in [-0.1, -0.05) is 0 Å². The molecule has 13 heavy (non-hydrogen) atoms.